The first-order valence-corrected chi connectivity index (χ1v) is 6.27. The molecule has 0 heterocycles. The zero-order valence-corrected chi connectivity index (χ0v) is 10.7. The first-order chi connectivity index (χ1) is 6.45. The maximum atomic E-state index is 13.0. The molecule has 0 aliphatic heterocycles. The highest BCUT2D eigenvalue weighted by atomic mass is 127. The highest BCUT2D eigenvalue weighted by molar-refractivity contribution is 14.1. The van der Waals surface area contributed by atoms with Gasteiger partial charge in [0.25, 0.3) is 3.93 Å². The van der Waals surface area contributed by atoms with Gasteiger partial charge in [-0.05, 0) is 54.2 Å². The molecule has 14 heavy (non-hydrogen) atoms. The van der Waals surface area contributed by atoms with Crippen molar-refractivity contribution in [1.82, 2.24) is 0 Å². The van der Waals surface area contributed by atoms with Crippen LogP contribution in [-0.2, 0) is 0 Å². The molecule has 1 saturated carbocycles. The van der Waals surface area contributed by atoms with Crippen molar-refractivity contribution >= 4 is 22.6 Å². The number of rotatable bonds is 3. The number of hydrogen-bond acceptors (Lipinski definition) is 0. The largest absolute Gasteiger partial charge is 0.299 e. The third kappa shape index (κ3) is 3.17. The van der Waals surface area contributed by atoms with E-state index >= 15 is 0 Å². The highest BCUT2D eigenvalue weighted by Crippen LogP contribution is 2.45. The molecule has 0 nitrogen and oxygen atoms in total. The van der Waals surface area contributed by atoms with Crippen molar-refractivity contribution in [2.24, 2.45) is 11.8 Å². The maximum Gasteiger partial charge on any atom is 0.299 e. The molecule has 3 heteroatoms. The molecule has 1 aliphatic carbocycles. The van der Waals surface area contributed by atoms with Crippen LogP contribution in [0.15, 0.2) is 12.2 Å². The summed E-state index contributed by atoms with van der Waals surface area (Å²) in [6, 6.07) is 0. The molecule has 0 spiro atoms. The fourth-order valence-corrected chi connectivity index (χ4v) is 2.70. The van der Waals surface area contributed by atoms with Crippen LogP contribution in [-0.4, -0.2) is 3.93 Å². The summed E-state index contributed by atoms with van der Waals surface area (Å²) in [6.45, 7) is 6.07. The van der Waals surface area contributed by atoms with E-state index in [9.17, 15) is 8.78 Å². The normalized spacial score (nSPS) is 29.3. The summed E-state index contributed by atoms with van der Waals surface area (Å²) in [5.74, 6) is 0.0127. The summed E-state index contributed by atoms with van der Waals surface area (Å²) in [5.41, 5.74) is 1.04. The highest BCUT2D eigenvalue weighted by Gasteiger charge is 2.39. The van der Waals surface area contributed by atoms with Crippen LogP contribution < -0.4 is 0 Å². The number of hydrogen-bond donors (Lipinski definition) is 0. The van der Waals surface area contributed by atoms with E-state index in [0.29, 0.717) is 18.8 Å². The van der Waals surface area contributed by atoms with E-state index in [-0.39, 0.29) is 0 Å². The van der Waals surface area contributed by atoms with Gasteiger partial charge in [-0.25, -0.2) is 0 Å². The van der Waals surface area contributed by atoms with Gasteiger partial charge in [-0.3, -0.25) is 0 Å². The number of alkyl halides is 3. The minimum Gasteiger partial charge on any atom is -0.195 e. The Balaban J connectivity index is 2.51. The predicted octanol–water partition coefficient (Wildman–Crippen LogP) is 4.79. The molecule has 0 aromatic heterocycles. The van der Waals surface area contributed by atoms with E-state index < -0.39 is 9.85 Å². The monoisotopic (exact) mass is 314 g/mol. The average molecular weight is 314 g/mol. The molecule has 0 aromatic rings. The first-order valence-electron chi connectivity index (χ1n) is 5.19. The number of allylic oxidation sites excluding steroid dienone is 1. The fraction of sp³-hybridized carbons (Fsp3) is 0.818. The van der Waals surface area contributed by atoms with Crippen molar-refractivity contribution in [3.63, 3.8) is 0 Å². The standard InChI is InChI=1S/C11H17F2I/c1-3-4-9-5-6-10(7-8(9)2)11(12,13)14/h9-10H,2-7H2,1H3. The van der Waals surface area contributed by atoms with Crippen molar-refractivity contribution in [1.29, 1.82) is 0 Å². The minimum atomic E-state index is -2.56. The van der Waals surface area contributed by atoms with E-state index in [2.05, 4.69) is 13.5 Å². The maximum absolute atomic E-state index is 13.0. The van der Waals surface area contributed by atoms with Crippen LogP contribution in [0.3, 0.4) is 0 Å². The van der Waals surface area contributed by atoms with Gasteiger partial charge in [0, 0.05) is 5.92 Å². The van der Waals surface area contributed by atoms with Crippen LogP contribution in [0.1, 0.15) is 39.0 Å². The van der Waals surface area contributed by atoms with Gasteiger partial charge in [0.2, 0.25) is 0 Å². The lowest BCUT2D eigenvalue weighted by molar-refractivity contribution is 0.0410. The molecular weight excluding hydrogens is 297 g/mol. The zero-order valence-electron chi connectivity index (χ0n) is 8.53. The average Bonchev–Trinajstić information content (AvgIpc) is 2.07. The van der Waals surface area contributed by atoms with Crippen molar-refractivity contribution in [3.8, 4) is 0 Å². The Bertz CT molecular complexity index is 208. The SMILES string of the molecule is C=C1CC(C(F)(F)I)CCC1CCC. The molecule has 0 amide bonds. The van der Waals surface area contributed by atoms with Crippen LogP contribution in [0.2, 0.25) is 0 Å². The van der Waals surface area contributed by atoms with Gasteiger partial charge in [-0.15, -0.1) is 0 Å². The van der Waals surface area contributed by atoms with E-state index in [1.807, 2.05) is 0 Å². The van der Waals surface area contributed by atoms with E-state index in [4.69, 9.17) is 0 Å². The summed E-state index contributed by atoms with van der Waals surface area (Å²) in [6.07, 6.45) is 4.30. The molecule has 1 rings (SSSR count). The Hall–Kier alpha value is 0.330. The topological polar surface area (TPSA) is 0 Å². The lowest BCUT2D eigenvalue weighted by Gasteiger charge is -2.32. The summed E-state index contributed by atoms with van der Waals surface area (Å²) < 4.78 is 23.5. The lowest BCUT2D eigenvalue weighted by Crippen LogP contribution is -2.27. The van der Waals surface area contributed by atoms with E-state index in [1.54, 1.807) is 0 Å². The van der Waals surface area contributed by atoms with Crippen LogP contribution in [0.4, 0.5) is 8.78 Å². The second kappa shape index (κ2) is 4.90. The molecule has 1 aliphatic rings. The van der Waals surface area contributed by atoms with Gasteiger partial charge in [0.1, 0.15) is 0 Å². The van der Waals surface area contributed by atoms with E-state index in [0.717, 1.165) is 24.8 Å². The molecule has 2 atom stereocenters. The van der Waals surface area contributed by atoms with Crippen molar-refractivity contribution < 1.29 is 8.78 Å². The molecule has 0 radical (unpaired) electrons. The molecule has 0 saturated heterocycles. The second-order valence-electron chi connectivity index (χ2n) is 4.16. The van der Waals surface area contributed by atoms with Crippen molar-refractivity contribution in [2.75, 3.05) is 0 Å². The Morgan fingerprint density at radius 3 is 2.57 bits per heavy atom. The predicted molar refractivity (Wildman–Crippen MR) is 63.8 cm³/mol. The van der Waals surface area contributed by atoms with Crippen LogP contribution in [0, 0.1) is 11.8 Å². The summed E-state index contributed by atoms with van der Waals surface area (Å²) in [4.78, 5) is 0. The second-order valence-corrected chi connectivity index (χ2v) is 5.60. The van der Waals surface area contributed by atoms with Gasteiger partial charge in [-0.2, -0.15) is 8.78 Å². The van der Waals surface area contributed by atoms with Gasteiger partial charge < -0.3 is 0 Å². The van der Waals surface area contributed by atoms with E-state index in [1.165, 1.54) is 22.6 Å². The first kappa shape index (κ1) is 12.4. The fourth-order valence-electron chi connectivity index (χ4n) is 2.17. The molecule has 0 N–H and O–H groups in total. The Morgan fingerprint density at radius 2 is 2.14 bits per heavy atom. The number of halogens is 3. The van der Waals surface area contributed by atoms with Crippen LogP contribution in [0.25, 0.3) is 0 Å². The van der Waals surface area contributed by atoms with Gasteiger partial charge in [0.05, 0.1) is 0 Å². The minimum absolute atomic E-state index is 0.483. The van der Waals surface area contributed by atoms with Crippen molar-refractivity contribution in [3.05, 3.63) is 12.2 Å². The Kier molecular flexibility index (Phi) is 4.34. The summed E-state index contributed by atoms with van der Waals surface area (Å²) in [7, 11) is 0. The molecular formula is C11H17F2I. The van der Waals surface area contributed by atoms with Gasteiger partial charge in [0.15, 0.2) is 0 Å². The zero-order chi connectivity index (χ0) is 10.8. The summed E-state index contributed by atoms with van der Waals surface area (Å²) >= 11 is 1.26. The molecule has 82 valence electrons. The smallest absolute Gasteiger partial charge is 0.195 e. The molecule has 2 unspecified atom stereocenters. The molecule has 0 bridgehead atoms. The van der Waals surface area contributed by atoms with Crippen LogP contribution >= 0.6 is 22.6 Å². The van der Waals surface area contributed by atoms with Crippen molar-refractivity contribution in [2.45, 2.75) is 43.0 Å². The van der Waals surface area contributed by atoms with Crippen LogP contribution in [0.5, 0.6) is 0 Å². The Labute approximate surface area is 98.3 Å². The third-order valence-electron chi connectivity index (χ3n) is 3.05. The third-order valence-corrected chi connectivity index (χ3v) is 3.93. The Morgan fingerprint density at radius 1 is 1.50 bits per heavy atom. The molecule has 0 aromatic carbocycles. The van der Waals surface area contributed by atoms with Gasteiger partial charge in [-0.1, -0.05) is 25.5 Å². The molecule has 1 fully saturated rings. The quantitative estimate of drug-likeness (QED) is 0.399. The van der Waals surface area contributed by atoms with Gasteiger partial charge >= 0.3 is 0 Å². The lowest BCUT2D eigenvalue weighted by atomic mass is 9.77. The summed E-state index contributed by atoms with van der Waals surface area (Å²) in [5, 5.41) is 0.